The van der Waals surface area contributed by atoms with E-state index in [4.69, 9.17) is 28.9 Å². The van der Waals surface area contributed by atoms with E-state index < -0.39 is 0 Å². The van der Waals surface area contributed by atoms with Crippen molar-refractivity contribution in [2.24, 2.45) is 0 Å². The molecule has 3 fully saturated rings. The maximum absolute atomic E-state index is 13.1. The molecule has 16 nitrogen and oxygen atoms in total. The van der Waals surface area contributed by atoms with E-state index in [9.17, 15) is 9.59 Å². The number of rotatable bonds is 11. The van der Waals surface area contributed by atoms with Crippen LogP contribution in [0.25, 0.3) is 0 Å². The lowest BCUT2D eigenvalue weighted by Gasteiger charge is -2.49. The van der Waals surface area contributed by atoms with Crippen LogP contribution in [0.3, 0.4) is 0 Å². The molecule has 3 aromatic carbocycles. The SMILES string of the molecule is C=CC(=O)N1C[C@@H]2COc3c(OC[C@@H]4CCCN4C)nc4c(c3N2C[C@H]1C)CCN(c1ccc(CN2CCc3c(cccc3Oc3nc5c(c6c3OC[C@H]3CN(C(=O)C=C)[C@H](C)CN63)CCN(c3cccc6c3CCCC6)C5)C2)c2c1CCCC2)C4. The second kappa shape index (κ2) is 22.8. The molecule has 5 atom stereocenters. The molecule has 450 valence electrons. The average Bonchev–Trinajstić information content (AvgIpc) is 1.14. The van der Waals surface area contributed by atoms with Gasteiger partial charge in [0.15, 0.2) is 0 Å². The smallest absolute Gasteiger partial charge is 0.265 e. The van der Waals surface area contributed by atoms with Gasteiger partial charge in [0.2, 0.25) is 23.3 Å². The lowest BCUT2D eigenvalue weighted by atomic mass is 9.85. The van der Waals surface area contributed by atoms with E-state index >= 15 is 0 Å². The number of amides is 2. The van der Waals surface area contributed by atoms with Gasteiger partial charge in [-0.05, 0) is 175 Å². The summed E-state index contributed by atoms with van der Waals surface area (Å²) in [6.45, 7) is 23.0. The third kappa shape index (κ3) is 9.81. The Kier molecular flexibility index (Phi) is 14.6. The normalized spacial score (nSPS) is 24.1. The fourth-order valence-corrected chi connectivity index (χ4v) is 16.6. The van der Waals surface area contributed by atoms with Gasteiger partial charge in [-0.25, -0.2) is 9.97 Å². The van der Waals surface area contributed by atoms with Gasteiger partial charge in [0, 0.05) is 105 Å². The monoisotopic (exact) mass is 1160 g/mol. The molecule has 0 spiro atoms. The summed E-state index contributed by atoms with van der Waals surface area (Å²) in [6.07, 6.45) is 17.1. The minimum Gasteiger partial charge on any atom is -0.484 e. The molecule has 0 N–H and O–H groups in total. The second-order valence-electron chi connectivity index (χ2n) is 26.3. The average molecular weight is 1160 g/mol. The van der Waals surface area contributed by atoms with Crippen molar-refractivity contribution in [1.29, 1.82) is 0 Å². The fourth-order valence-electron chi connectivity index (χ4n) is 16.6. The largest absolute Gasteiger partial charge is 0.484 e. The van der Waals surface area contributed by atoms with Crippen LogP contribution < -0.4 is 38.5 Å². The van der Waals surface area contributed by atoms with Crippen molar-refractivity contribution in [3.05, 3.63) is 135 Å². The first kappa shape index (κ1) is 55.3. The molecule has 86 heavy (non-hydrogen) atoms. The van der Waals surface area contributed by atoms with Crippen molar-refractivity contribution in [3.8, 4) is 29.0 Å². The second-order valence-corrected chi connectivity index (χ2v) is 26.3. The zero-order chi connectivity index (χ0) is 58.3. The maximum atomic E-state index is 13.1. The Labute approximate surface area is 507 Å². The molecule has 2 aromatic heterocycles. The Balaban J connectivity index is 0.691. The van der Waals surface area contributed by atoms with Gasteiger partial charge in [-0.1, -0.05) is 43.5 Å². The summed E-state index contributed by atoms with van der Waals surface area (Å²) in [5.74, 6) is 3.44. The quantitative estimate of drug-likeness (QED) is 0.117. The van der Waals surface area contributed by atoms with Crippen molar-refractivity contribution in [2.75, 3.05) is 98.8 Å². The number of fused-ring (bicyclic) bond motifs is 13. The minimum atomic E-state index is -0.0314. The molecule has 8 aliphatic heterocycles. The molecule has 3 saturated heterocycles. The lowest BCUT2D eigenvalue weighted by Crippen LogP contribution is -2.62. The number of carbonyl (C=O) groups is 2. The van der Waals surface area contributed by atoms with Crippen molar-refractivity contribution < 1.29 is 28.5 Å². The summed E-state index contributed by atoms with van der Waals surface area (Å²) >= 11 is 0. The Bertz CT molecular complexity index is 3530. The van der Waals surface area contributed by atoms with E-state index in [1.165, 1.54) is 106 Å². The molecule has 15 rings (SSSR count). The van der Waals surface area contributed by atoms with E-state index in [0.29, 0.717) is 70.3 Å². The van der Waals surface area contributed by atoms with Gasteiger partial charge in [0.25, 0.3) is 11.8 Å². The number of aryl methyl sites for hydroxylation is 1. The molecule has 10 heterocycles. The molecule has 0 unspecified atom stereocenters. The highest BCUT2D eigenvalue weighted by molar-refractivity contribution is 5.88. The first-order chi connectivity index (χ1) is 42.1. The summed E-state index contributed by atoms with van der Waals surface area (Å²) in [6, 6.07) is 18.7. The number of hydrogen-bond donors (Lipinski definition) is 0. The van der Waals surface area contributed by atoms with Crippen molar-refractivity contribution in [3.63, 3.8) is 0 Å². The number of likely N-dealkylation sites (N-methyl/N-ethyl adjacent to an activating group) is 1. The van der Waals surface area contributed by atoms with Crippen LogP contribution in [-0.4, -0.2) is 151 Å². The van der Waals surface area contributed by atoms with Crippen LogP contribution in [-0.2, 0) is 80.7 Å². The van der Waals surface area contributed by atoms with Crippen LogP contribution in [0.2, 0.25) is 0 Å². The molecule has 2 aliphatic carbocycles. The van der Waals surface area contributed by atoms with Crippen LogP contribution in [0, 0.1) is 0 Å². The highest BCUT2D eigenvalue weighted by Gasteiger charge is 2.45. The number of aromatic nitrogens is 2. The molecule has 2 amide bonds. The number of pyridine rings is 2. The first-order valence-electron chi connectivity index (χ1n) is 32.4. The van der Waals surface area contributed by atoms with Gasteiger partial charge in [0.05, 0.1) is 47.9 Å². The van der Waals surface area contributed by atoms with Crippen molar-refractivity contribution in [1.82, 2.24) is 29.6 Å². The van der Waals surface area contributed by atoms with Gasteiger partial charge in [-0.2, -0.15) is 0 Å². The zero-order valence-corrected chi connectivity index (χ0v) is 50.8. The molecular weight excluding hydrogens is 1080 g/mol. The first-order valence-corrected chi connectivity index (χ1v) is 32.4. The van der Waals surface area contributed by atoms with Crippen LogP contribution in [0.5, 0.6) is 29.0 Å². The third-order valence-corrected chi connectivity index (χ3v) is 21.2. The molecular formula is C70H84N10O6. The molecule has 16 heteroatoms. The Morgan fingerprint density at radius 1 is 0.605 bits per heavy atom. The highest BCUT2D eigenvalue weighted by Crippen LogP contribution is 2.51. The van der Waals surface area contributed by atoms with Gasteiger partial charge in [0.1, 0.15) is 25.6 Å². The number of anilines is 4. The van der Waals surface area contributed by atoms with E-state index in [1.54, 1.807) is 0 Å². The maximum Gasteiger partial charge on any atom is 0.265 e. The Hall–Kier alpha value is -7.30. The standard InChI is InChI=1S/C70H84N10O6/c1-6-63(81)77-37-50-42-83-67-65(79(50)33-44(77)3)56-28-32-76(39-58(56)71-69(67)85-41-49-18-14-29-73(49)5)61-25-24-48(52-19-10-11-21-55(52)61)36-74-30-26-54-47(35-74)17-13-23-62(54)86-70-68-66(80-34-45(4)78(64(82)7-2)38-51(80)43-84-68)57-27-31-75(40-59(57)72-70)60-22-12-16-46-15-8-9-20-53(46)60/h6-7,12-13,16-17,22-25,44-45,49-51H,1-2,8-11,14-15,18-21,26-43H2,3-5H3/t44-,45-,49+,50-,51-/m1/s1. The summed E-state index contributed by atoms with van der Waals surface area (Å²) in [7, 11) is 2.19. The molecule has 5 aromatic rings. The van der Waals surface area contributed by atoms with Gasteiger partial charge < -0.3 is 53.2 Å². The topological polar surface area (TPSA) is 123 Å². The number of carbonyl (C=O) groups excluding carboxylic acids is 2. The van der Waals surface area contributed by atoms with Crippen LogP contribution >= 0.6 is 0 Å². The lowest BCUT2D eigenvalue weighted by molar-refractivity contribution is -0.130. The Morgan fingerprint density at radius 2 is 1.20 bits per heavy atom. The summed E-state index contributed by atoms with van der Waals surface area (Å²) in [4.78, 5) is 56.0. The van der Waals surface area contributed by atoms with E-state index in [1.807, 2.05) is 9.80 Å². The number of piperazine rings is 2. The number of nitrogens with zero attached hydrogens (tertiary/aromatic N) is 10. The van der Waals surface area contributed by atoms with Gasteiger partial charge in [-0.3, -0.25) is 14.5 Å². The van der Waals surface area contributed by atoms with Crippen LogP contribution in [0.4, 0.5) is 22.7 Å². The molecule has 0 bridgehead atoms. The van der Waals surface area contributed by atoms with E-state index in [0.717, 1.165) is 137 Å². The summed E-state index contributed by atoms with van der Waals surface area (Å²) in [5, 5.41) is 0. The van der Waals surface area contributed by atoms with Gasteiger partial charge >= 0.3 is 0 Å². The summed E-state index contributed by atoms with van der Waals surface area (Å²) in [5.41, 5.74) is 19.5. The molecule has 0 saturated carbocycles. The summed E-state index contributed by atoms with van der Waals surface area (Å²) < 4.78 is 27.4. The zero-order valence-electron chi connectivity index (χ0n) is 50.8. The van der Waals surface area contributed by atoms with E-state index in [2.05, 4.69) is 112 Å². The number of benzene rings is 3. The Morgan fingerprint density at radius 3 is 1.86 bits per heavy atom. The van der Waals surface area contributed by atoms with Crippen molar-refractivity contribution >= 4 is 34.6 Å². The number of hydrogen-bond acceptors (Lipinski definition) is 14. The third-order valence-electron chi connectivity index (χ3n) is 21.2. The molecule has 10 aliphatic rings. The van der Waals surface area contributed by atoms with Crippen LogP contribution in [0.1, 0.15) is 114 Å². The number of likely N-dealkylation sites (tertiary alicyclic amines) is 1. The predicted octanol–water partition coefficient (Wildman–Crippen LogP) is 9.15. The minimum absolute atomic E-state index is 0.00884. The van der Waals surface area contributed by atoms with Crippen molar-refractivity contribution in [2.45, 2.75) is 154 Å². The van der Waals surface area contributed by atoms with E-state index in [-0.39, 0.29) is 36.0 Å². The fraction of sp³-hybridized carbons (Fsp3) is 0.514. The van der Waals surface area contributed by atoms with Crippen LogP contribution in [0.15, 0.2) is 73.8 Å². The van der Waals surface area contributed by atoms with Gasteiger partial charge in [-0.15, -0.1) is 0 Å². The number of ether oxygens (including phenoxy) is 4. The molecule has 0 radical (unpaired) electrons. The predicted molar refractivity (Wildman–Crippen MR) is 336 cm³/mol. The highest BCUT2D eigenvalue weighted by atomic mass is 16.5.